The number of ether oxygens (including phenoxy) is 2. The topological polar surface area (TPSA) is 76.7 Å². The fourth-order valence-corrected chi connectivity index (χ4v) is 4.17. The van der Waals surface area contributed by atoms with Crippen LogP contribution in [0.1, 0.15) is 17.5 Å². The van der Waals surface area contributed by atoms with Crippen molar-refractivity contribution in [2.45, 2.75) is 29.2 Å². The number of anilines is 1. The third-order valence-corrected chi connectivity index (χ3v) is 5.96. The molecule has 3 rings (SSSR count). The van der Waals surface area contributed by atoms with E-state index < -0.39 is 22.9 Å². The van der Waals surface area contributed by atoms with Crippen LogP contribution in [-0.4, -0.2) is 37.8 Å². The second-order valence-corrected chi connectivity index (χ2v) is 8.04. The molecule has 2 aromatic rings. The average Bonchev–Trinajstić information content (AvgIpc) is 2.73. The molecular weight excluding hydrogens is 433 g/mol. The van der Waals surface area contributed by atoms with E-state index in [-0.39, 0.29) is 18.0 Å². The van der Waals surface area contributed by atoms with E-state index >= 15 is 0 Å². The van der Waals surface area contributed by atoms with E-state index in [0.717, 1.165) is 29.5 Å². The minimum absolute atomic E-state index is 0.0805. The maximum atomic E-state index is 12.8. The molecule has 0 fully saturated rings. The Morgan fingerprint density at radius 2 is 1.87 bits per heavy atom. The van der Waals surface area contributed by atoms with Crippen LogP contribution in [0.25, 0.3) is 0 Å². The number of hydrogen-bond donors (Lipinski definition) is 2. The third kappa shape index (κ3) is 5.63. The minimum atomic E-state index is -4.49. The van der Waals surface area contributed by atoms with E-state index in [4.69, 9.17) is 9.47 Å². The lowest BCUT2D eigenvalue weighted by Crippen LogP contribution is -2.35. The predicted molar refractivity (Wildman–Crippen MR) is 111 cm³/mol. The Balaban J connectivity index is 1.54. The SMILES string of the molecule is COc1ccc(CCNC(=O)CC2Sc3ccc(C(F)(F)F)cc3NC2=O)cc1OC. The van der Waals surface area contributed by atoms with E-state index in [0.29, 0.717) is 29.4 Å². The Bertz CT molecular complexity index is 982. The van der Waals surface area contributed by atoms with E-state index in [2.05, 4.69) is 10.6 Å². The molecule has 31 heavy (non-hydrogen) atoms. The molecule has 0 saturated heterocycles. The predicted octanol–water partition coefficient (Wildman–Crippen LogP) is 3.88. The first-order valence-electron chi connectivity index (χ1n) is 9.37. The number of fused-ring (bicyclic) bond motifs is 1. The highest BCUT2D eigenvalue weighted by Crippen LogP contribution is 2.40. The highest BCUT2D eigenvalue weighted by Gasteiger charge is 2.34. The molecule has 10 heteroatoms. The van der Waals surface area contributed by atoms with Gasteiger partial charge in [-0.3, -0.25) is 9.59 Å². The van der Waals surface area contributed by atoms with Gasteiger partial charge in [0.2, 0.25) is 11.8 Å². The summed E-state index contributed by atoms with van der Waals surface area (Å²) in [6.07, 6.45) is -4.02. The molecule has 0 saturated carbocycles. The zero-order valence-electron chi connectivity index (χ0n) is 16.8. The van der Waals surface area contributed by atoms with Crippen molar-refractivity contribution in [3.05, 3.63) is 47.5 Å². The number of thioether (sulfide) groups is 1. The summed E-state index contributed by atoms with van der Waals surface area (Å²) >= 11 is 1.08. The van der Waals surface area contributed by atoms with Crippen LogP contribution in [0.5, 0.6) is 11.5 Å². The van der Waals surface area contributed by atoms with Crippen LogP contribution in [0.4, 0.5) is 18.9 Å². The Labute approximate surface area is 181 Å². The summed E-state index contributed by atoms with van der Waals surface area (Å²) in [6.45, 7) is 0.360. The molecule has 1 aliphatic rings. The summed E-state index contributed by atoms with van der Waals surface area (Å²) in [5, 5.41) is 4.52. The summed E-state index contributed by atoms with van der Waals surface area (Å²) in [4.78, 5) is 25.0. The monoisotopic (exact) mass is 454 g/mol. The van der Waals surface area contributed by atoms with Gasteiger partial charge in [0.1, 0.15) is 0 Å². The van der Waals surface area contributed by atoms with Crippen molar-refractivity contribution >= 4 is 29.3 Å². The van der Waals surface area contributed by atoms with Crippen molar-refractivity contribution in [2.24, 2.45) is 0 Å². The Hall–Kier alpha value is -2.88. The molecule has 1 unspecified atom stereocenters. The number of hydrogen-bond acceptors (Lipinski definition) is 5. The van der Waals surface area contributed by atoms with E-state index in [1.54, 1.807) is 20.3 Å². The molecule has 2 N–H and O–H groups in total. The quantitative estimate of drug-likeness (QED) is 0.664. The van der Waals surface area contributed by atoms with Gasteiger partial charge < -0.3 is 20.1 Å². The number of carbonyl (C=O) groups excluding carboxylic acids is 2. The first-order valence-corrected chi connectivity index (χ1v) is 10.3. The zero-order valence-corrected chi connectivity index (χ0v) is 17.7. The molecule has 0 aromatic heterocycles. The first-order chi connectivity index (χ1) is 14.7. The highest BCUT2D eigenvalue weighted by atomic mass is 32.2. The summed E-state index contributed by atoms with van der Waals surface area (Å²) in [5.74, 6) is 0.391. The molecule has 0 radical (unpaired) electrons. The average molecular weight is 454 g/mol. The standard InChI is InChI=1S/C21H21F3N2O4S/c1-29-15-5-3-12(9-16(15)30-2)7-8-25-19(27)11-18-20(28)26-14-10-13(21(22,23)24)4-6-17(14)31-18/h3-6,9-10,18H,7-8,11H2,1-2H3,(H,25,27)(H,26,28). The fraction of sp³-hybridized carbons (Fsp3) is 0.333. The summed E-state index contributed by atoms with van der Waals surface area (Å²) in [6, 6.07) is 8.64. The first kappa shape index (κ1) is 22.8. The molecule has 166 valence electrons. The van der Waals surface area contributed by atoms with Gasteiger partial charge in [0.05, 0.1) is 30.7 Å². The normalized spacial score (nSPS) is 15.6. The maximum Gasteiger partial charge on any atom is 0.416 e. The van der Waals surface area contributed by atoms with Crippen molar-refractivity contribution in [2.75, 3.05) is 26.1 Å². The molecule has 6 nitrogen and oxygen atoms in total. The van der Waals surface area contributed by atoms with Crippen LogP contribution in [0.2, 0.25) is 0 Å². The van der Waals surface area contributed by atoms with E-state index in [9.17, 15) is 22.8 Å². The number of rotatable bonds is 7. The number of benzene rings is 2. The lowest BCUT2D eigenvalue weighted by molar-refractivity contribution is -0.137. The summed E-state index contributed by atoms with van der Waals surface area (Å²) in [7, 11) is 3.09. The summed E-state index contributed by atoms with van der Waals surface area (Å²) < 4.78 is 49.0. The van der Waals surface area contributed by atoms with Crippen molar-refractivity contribution < 1.29 is 32.2 Å². The van der Waals surface area contributed by atoms with Crippen LogP contribution >= 0.6 is 11.8 Å². The molecule has 0 spiro atoms. The number of methoxy groups -OCH3 is 2. The highest BCUT2D eigenvalue weighted by molar-refractivity contribution is 8.01. The van der Waals surface area contributed by atoms with E-state index in [1.807, 2.05) is 12.1 Å². The lowest BCUT2D eigenvalue weighted by atomic mass is 10.1. The largest absolute Gasteiger partial charge is 0.493 e. The molecular formula is C21H21F3N2O4S. The van der Waals surface area contributed by atoms with Gasteiger partial charge in [-0.2, -0.15) is 13.2 Å². The molecule has 2 amide bonds. The van der Waals surface area contributed by atoms with Gasteiger partial charge in [0.15, 0.2) is 11.5 Å². The van der Waals surface area contributed by atoms with Gasteiger partial charge >= 0.3 is 6.18 Å². The molecule has 0 aliphatic carbocycles. The van der Waals surface area contributed by atoms with Gasteiger partial charge in [-0.15, -0.1) is 11.8 Å². The third-order valence-electron chi connectivity index (χ3n) is 4.68. The van der Waals surface area contributed by atoms with E-state index in [1.165, 1.54) is 6.07 Å². The van der Waals surface area contributed by atoms with Gasteiger partial charge in [0, 0.05) is 17.9 Å². The minimum Gasteiger partial charge on any atom is -0.493 e. The Kier molecular flexibility index (Phi) is 6.99. The number of halogens is 3. The van der Waals surface area contributed by atoms with Gasteiger partial charge in [-0.05, 0) is 42.3 Å². The zero-order chi connectivity index (χ0) is 22.6. The van der Waals surface area contributed by atoms with Crippen LogP contribution < -0.4 is 20.1 Å². The molecule has 0 bridgehead atoms. The number of alkyl halides is 3. The van der Waals surface area contributed by atoms with Crippen molar-refractivity contribution in [1.29, 1.82) is 0 Å². The second kappa shape index (κ2) is 9.51. The smallest absolute Gasteiger partial charge is 0.416 e. The molecule has 2 aromatic carbocycles. The van der Waals surface area contributed by atoms with Crippen molar-refractivity contribution in [1.82, 2.24) is 5.32 Å². The van der Waals surface area contributed by atoms with Crippen molar-refractivity contribution in [3.63, 3.8) is 0 Å². The van der Waals surface area contributed by atoms with Crippen LogP contribution in [-0.2, 0) is 22.2 Å². The van der Waals surface area contributed by atoms with Gasteiger partial charge in [-0.1, -0.05) is 6.07 Å². The van der Waals surface area contributed by atoms with Gasteiger partial charge in [-0.25, -0.2) is 0 Å². The summed E-state index contributed by atoms with van der Waals surface area (Å²) in [5.41, 5.74) is 0.213. The lowest BCUT2D eigenvalue weighted by Gasteiger charge is -2.24. The van der Waals surface area contributed by atoms with Crippen molar-refractivity contribution in [3.8, 4) is 11.5 Å². The number of nitrogens with one attached hydrogen (secondary N) is 2. The molecule has 1 atom stereocenters. The second-order valence-electron chi connectivity index (χ2n) is 6.80. The molecule has 1 heterocycles. The van der Waals surface area contributed by atoms with Crippen LogP contribution in [0.3, 0.4) is 0 Å². The fourth-order valence-electron chi connectivity index (χ4n) is 3.08. The maximum absolute atomic E-state index is 12.8. The Morgan fingerprint density at radius 3 is 2.55 bits per heavy atom. The number of amides is 2. The van der Waals surface area contributed by atoms with Crippen LogP contribution in [0.15, 0.2) is 41.3 Å². The Morgan fingerprint density at radius 1 is 1.13 bits per heavy atom. The van der Waals surface area contributed by atoms with Gasteiger partial charge in [0.25, 0.3) is 0 Å². The number of carbonyl (C=O) groups is 2. The molecule has 1 aliphatic heterocycles. The van der Waals surface area contributed by atoms with Crippen LogP contribution in [0, 0.1) is 0 Å².